The Balaban J connectivity index is 0.00000529. The first-order valence-electron chi connectivity index (χ1n) is 8.21. The first kappa shape index (κ1) is 23.0. The summed E-state index contributed by atoms with van der Waals surface area (Å²) in [6, 6.07) is 8.21. The molecule has 1 aromatic rings. The molecule has 0 bridgehead atoms. The molecule has 0 aromatic heterocycles. The third kappa shape index (κ3) is 9.32. The predicted octanol–water partition coefficient (Wildman–Crippen LogP) is 3.23. The smallest absolute Gasteiger partial charge is 0.191 e. The maximum Gasteiger partial charge on any atom is 0.191 e. The molecule has 6 heteroatoms. The summed E-state index contributed by atoms with van der Waals surface area (Å²) in [5.74, 6) is 1.75. The lowest BCUT2D eigenvalue weighted by molar-refractivity contribution is 0.0310. The first-order chi connectivity index (χ1) is 11.0. The molecule has 0 radical (unpaired) electrons. The summed E-state index contributed by atoms with van der Waals surface area (Å²) in [5, 5.41) is 6.63. The maximum absolute atomic E-state index is 5.40. The van der Waals surface area contributed by atoms with E-state index in [0.29, 0.717) is 6.54 Å². The van der Waals surface area contributed by atoms with Crippen molar-refractivity contribution in [3.63, 3.8) is 0 Å². The summed E-state index contributed by atoms with van der Waals surface area (Å²) in [4.78, 5) is 4.58. The van der Waals surface area contributed by atoms with Crippen molar-refractivity contribution < 1.29 is 9.47 Å². The van der Waals surface area contributed by atoms with E-state index in [1.165, 1.54) is 5.56 Å². The van der Waals surface area contributed by atoms with Gasteiger partial charge in [-0.15, -0.1) is 24.0 Å². The van der Waals surface area contributed by atoms with Crippen LogP contribution in [0.2, 0.25) is 0 Å². The number of methoxy groups -OCH3 is 2. The van der Waals surface area contributed by atoms with Crippen molar-refractivity contribution in [2.75, 3.05) is 33.9 Å². The van der Waals surface area contributed by atoms with Crippen molar-refractivity contribution in [3.8, 4) is 5.75 Å². The van der Waals surface area contributed by atoms with E-state index in [2.05, 4.69) is 34.7 Å². The number of rotatable bonds is 9. The van der Waals surface area contributed by atoms with Crippen LogP contribution >= 0.6 is 24.0 Å². The molecule has 0 amide bonds. The second kappa shape index (κ2) is 12.4. The van der Waals surface area contributed by atoms with Gasteiger partial charge >= 0.3 is 0 Å². The summed E-state index contributed by atoms with van der Waals surface area (Å²) >= 11 is 0. The van der Waals surface area contributed by atoms with Crippen LogP contribution in [0.15, 0.2) is 29.3 Å². The van der Waals surface area contributed by atoms with Crippen LogP contribution in [0.3, 0.4) is 0 Å². The van der Waals surface area contributed by atoms with Gasteiger partial charge in [0.05, 0.1) is 19.3 Å². The molecule has 1 aromatic carbocycles. The molecule has 0 unspecified atom stereocenters. The molecule has 2 N–H and O–H groups in total. The number of hydrogen-bond acceptors (Lipinski definition) is 3. The standard InChI is InChI=1S/C18H31N3O2.HI/c1-6-19-17(21-14-18(2,3)23-5)20-12-8-10-15-9-7-11-16(13-15)22-4;/h7,9,11,13H,6,8,10,12,14H2,1-5H3,(H2,19,20,21);1H. The minimum Gasteiger partial charge on any atom is -0.497 e. The molecule has 0 aliphatic carbocycles. The average Bonchev–Trinajstić information content (AvgIpc) is 2.56. The molecular formula is C18H32IN3O2. The monoisotopic (exact) mass is 449 g/mol. The molecule has 0 saturated heterocycles. The fourth-order valence-corrected chi connectivity index (χ4v) is 2.00. The molecule has 0 spiro atoms. The first-order valence-corrected chi connectivity index (χ1v) is 8.21. The molecule has 0 aliphatic heterocycles. The maximum atomic E-state index is 5.40. The molecule has 1 rings (SSSR count). The zero-order valence-corrected chi connectivity index (χ0v) is 17.8. The molecule has 5 nitrogen and oxygen atoms in total. The van der Waals surface area contributed by atoms with Gasteiger partial charge < -0.3 is 20.1 Å². The van der Waals surface area contributed by atoms with Crippen molar-refractivity contribution >= 4 is 29.9 Å². The number of aliphatic imine (C=N–C) groups is 1. The molecule has 0 heterocycles. The van der Waals surface area contributed by atoms with E-state index in [1.807, 2.05) is 26.0 Å². The third-order valence-corrected chi connectivity index (χ3v) is 3.58. The summed E-state index contributed by atoms with van der Waals surface area (Å²) < 4.78 is 10.6. The number of aryl methyl sites for hydroxylation is 1. The molecule has 138 valence electrons. The zero-order chi connectivity index (χ0) is 17.1. The Morgan fingerprint density at radius 1 is 1.21 bits per heavy atom. The lowest BCUT2D eigenvalue weighted by atomic mass is 10.1. The second-order valence-corrected chi connectivity index (χ2v) is 6.04. The SMILES string of the molecule is CCNC(=NCC(C)(C)OC)NCCCc1cccc(OC)c1.I. The van der Waals surface area contributed by atoms with Crippen molar-refractivity contribution in [1.29, 1.82) is 0 Å². The minimum atomic E-state index is -0.247. The van der Waals surface area contributed by atoms with Gasteiger partial charge in [-0.3, -0.25) is 4.99 Å². The highest BCUT2D eigenvalue weighted by atomic mass is 127. The minimum absolute atomic E-state index is 0. The van der Waals surface area contributed by atoms with Gasteiger partial charge in [-0.2, -0.15) is 0 Å². The van der Waals surface area contributed by atoms with Gasteiger partial charge in [-0.25, -0.2) is 0 Å². The highest BCUT2D eigenvalue weighted by molar-refractivity contribution is 14.0. The van der Waals surface area contributed by atoms with E-state index in [-0.39, 0.29) is 29.6 Å². The molecule has 24 heavy (non-hydrogen) atoms. The van der Waals surface area contributed by atoms with Gasteiger partial charge in [0.15, 0.2) is 5.96 Å². The topological polar surface area (TPSA) is 54.9 Å². The van der Waals surface area contributed by atoms with Crippen LogP contribution in [0.4, 0.5) is 0 Å². The number of halogens is 1. The molecule has 0 saturated carbocycles. The molecule has 0 fully saturated rings. The Bertz CT molecular complexity index is 493. The fraction of sp³-hybridized carbons (Fsp3) is 0.611. The summed E-state index contributed by atoms with van der Waals surface area (Å²) in [6.45, 7) is 8.46. The Hall–Kier alpha value is -1.02. The number of hydrogen-bond donors (Lipinski definition) is 2. The van der Waals surface area contributed by atoms with Crippen LogP contribution in [-0.4, -0.2) is 45.4 Å². The fourth-order valence-electron chi connectivity index (χ4n) is 2.00. The summed E-state index contributed by atoms with van der Waals surface area (Å²) in [7, 11) is 3.41. The van der Waals surface area contributed by atoms with Crippen molar-refractivity contribution in [2.45, 2.75) is 39.2 Å². The average molecular weight is 449 g/mol. The summed E-state index contributed by atoms with van der Waals surface area (Å²) in [5.41, 5.74) is 1.04. The lowest BCUT2D eigenvalue weighted by Gasteiger charge is -2.21. The number of benzene rings is 1. The number of guanidine groups is 1. The molecule has 0 aliphatic rings. The lowest BCUT2D eigenvalue weighted by Crippen LogP contribution is -2.39. The highest BCUT2D eigenvalue weighted by Gasteiger charge is 2.15. The van der Waals surface area contributed by atoms with E-state index >= 15 is 0 Å². The van der Waals surface area contributed by atoms with Crippen LogP contribution in [0.25, 0.3) is 0 Å². The van der Waals surface area contributed by atoms with Gasteiger partial charge in [-0.05, 0) is 51.3 Å². The van der Waals surface area contributed by atoms with Crippen molar-refractivity contribution in [3.05, 3.63) is 29.8 Å². The Morgan fingerprint density at radius 2 is 1.96 bits per heavy atom. The van der Waals surface area contributed by atoms with Gasteiger partial charge in [0.2, 0.25) is 0 Å². The van der Waals surface area contributed by atoms with Crippen LogP contribution in [0.5, 0.6) is 5.75 Å². The van der Waals surface area contributed by atoms with Crippen molar-refractivity contribution in [2.24, 2.45) is 4.99 Å². The normalized spacial score (nSPS) is 11.6. The Labute approximate surface area is 163 Å². The Kier molecular flexibility index (Phi) is 11.8. The Morgan fingerprint density at radius 3 is 2.58 bits per heavy atom. The molecule has 0 atom stereocenters. The van der Waals surface area contributed by atoms with E-state index in [0.717, 1.165) is 37.6 Å². The van der Waals surface area contributed by atoms with Crippen LogP contribution < -0.4 is 15.4 Å². The van der Waals surface area contributed by atoms with Crippen LogP contribution in [0.1, 0.15) is 32.8 Å². The van der Waals surface area contributed by atoms with Crippen molar-refractivity contribution in [1.82, 2.24) is 10.6 Å². The zero-order valence-electron chi connectivity index (χ0n) is 15.5. The summed E-state index contributed by atoms with van der Waals surface area (Å²) in [6.07, 6.45) is 2.04. The van der Waals surface area contributed by atoms with Gasteiger partial charge in [0.1, 0.15) is 5.75 Å². The number of nitrogens with zero attached hydrogens (tertiary/aromatic N) is 1. The van der Waals surface area contributed by atoms with Gasteiger partial charge in [0, 0.05) is 20.2 Å². The highest BCUT2D eigenvalue weighted by Crippen LogP contribution is 2.13. The van der Waals surface area contributed by atoms with E-state index < -0.39 is 0 Å². The predicted molar refractivity (Wildman–Crippen MR) is 112 cm³/mol. The van der Waals surface area contributed by atoms with E-state index in [9.17, 15) is 0 Å². The molecular weight excluding hydrogens is 417 g/mol. The number of nitrogens with one attached hydrogen (secondary N) is 2. The van der Waals surface area contributed by atoms with Crippen LogP contribution in [-0.2, 0) is 11.2 Å². The van der Waals surface area contributed by atoms with E-state index in [1.54, 1.807) is 14.2 Å². The second-order valence-electron chi connectivity index (χ2n) is 6.04. The largest absolute Gasteiger partial charge is 0.497 e. The third-order valence-electron chi connectivity index (χ3n) is 3.58. The van der Waals surface area contributed by atoms with Gasteiger partial charge in [-0.1, -0.05) is 12.1 Å². The van der Waals surface area contributed by atoms with Crippen LogP contribution in [0, 0.1) is 0 Å². The number of ether oxygens (including phenoxy) is 2. The van der Waals surface area contributed by atoms with E-state index in [4.69, 9.17) is 9.47 Å². The van der Waals surface area contributed by atoms with Gasteiger partial charge in [0.25, 0.3) is 0 Å². The quantitative estimate of drug-likeness (QED) is 0.263.